The van der Waals surface area contributed by atoms with Gasteiger partial charge >= 0.3 is 0 Å². The molecule has 190 valence electrons. The van der Waals surface area contributed by atoms with E-state index in [2.05, 4.69) is 15.1 Å². The number of thioether (sulfide) groups is 1. The number of ketones is 1. The van der Waals surface area contributed by atoms with E-state index in [0.29, 0.717) is 58.0 Å². The first kappa shape index (κ1) is 24.5. The van der Waals surface area contributed by atoms with Crippen molar-refractivity contribution in [3.8, 4) is 17.2 Å². The maximum Gasteiger partial charge on any atom is 0.269 e. The molecule has 4 aromatic rings. The van der Waals surface area contributed by atoms with Crippen molar-refractivity contribution in [2.45, 2.75) is 29.7 Å². The van der Waals surface area contributed by atoms with E-state index in [9.17, 15) is 14.9 Å². The first-order valence-electron chi connectivity index (χ1n) is 11.4. The average Bonchev–Trinajstić information content (AvgIpc) is 3.31. The molecular formula is C25H23N5O6S. The lowest BCUT2D eigenvalue weighted by atomic mass is 9.82. The van der Waals surface area contributed by atoms with E-state index in [-0.39, 0.29) is 17.4 Å². The second-order valence-electron chi connectivity index (χ2n) is 8.44. The number of rotatable bonds is 8. The first-order valence-corrected chi connectivity index (χ1v) is 12.3. The van der Waals surface area contributed by atoms with E-state index in [1.807, 2.05) is 12.1 Å². The fraction of sp³-hybridized carbons (Fsp3) is 0.280. The number of nitrogens with zero attached hydrogens (tertiary/aromatic N) is 5. The number of nitro benzene ring substituents is 1. The first-order chi connectivity index (χ1) is 17.9. The van der Waals surface area contributed by atoms with Gasteiger partial charge in [0.2, 0.25) is 10.9 Å². The molecule has 11 nitrogen and oxygen atoms in total. The second kappa shape index (κ2) is 10.1. The largest absolute Gasteiger partial charge is 0.493 e. The molecule has 1 aliphatic rings. The van der Waals surface area contributed by atoms with Crippen LogP contribution in [0.1, 0.15) is 39.5 Å². The third kappa shape index (κ3) is 4.79. The number of fused-ring (bicyclic) bond motifs is 2. The number of Topliss-reactive ketones (excluding diaryl/α,β-unsaturated/α-hetero) is 1. The number of nitro groups is 1. The van der Waals surface area contributed by atoms with Crippen molar-refractivity contribution >= 4 is 29.0 Å². The van der Waals surface area contributed by atoms with Gasteiger partial charge < -0.3 is 14.2 Å². The smallest absolute Gasteiger partial charge is 0.269 e. The summed E-state index contributed by atoms with van der Waals surface area (Å²) < 4.78 is 17.9. The topological polar surface area (TPSA) is 131 Å². The quantitative estimate of drug-likeness (QED) is 0.188. The highest BCUT2D eigenvalue weighted by Gasteiger charge is 2.30. The van der Waals surface area contributed by atoms with Crippen molar-refractivity contribution in [2.75, 3.05) is 21.3 Å². The van der Waals surface area contributed by atoms with Crippen LogP contribution in [0.4, 0.5) is 5.69 Å². The Bertz CT molecular complexity index is 1480. The molecule has 0 amide bonds. The van der Waals surface area contributed by atoms with Gasteiger partial charge in [0.1, 0.15) is 0 Å². The minimum Gasteiger partial charge on any atom is -0.493 e. The molecule has 2 aromatic carbocycles. The highest BCUT2D eigenvalue weighted by Crippen LogP contribution is 2.42. The van der Waals surface area contributed by atoms with Crippen LogP contribution in [-0.4, -0.2) is 51.6 Å². The maximum atomic E-state index is 13.1. The molecule has 12 heteroatoms. The van der Waals surface area contributed by atoms with Crippen LogP contribution in [0.3, 0.4) is 0 Å². The summed E-state index contributed by atoms with van der Waals surface area (Å²) in [6.07, 6.45) is 2.55. The van der Waals surface area contributed by atoms with Crippen LogP contribution in [-0.2, 0) is 12.2 Å². The predicted octanol–water partition coefficient (Wildman–Crippen LogP) is 4.26. The Hall–Kier alpha value is -4.19. The van der Waals surface area contributed by atoms with Gasteiger partial charge in [-0.15, -0.1) is 5.10 Å². The van der Waals surface area contributed by atoms with Crippen molar-refractivity contribution in [3.05, 3.63) is 75.1 Å². The molecule has 0 aliphatic heterocycles. The average molecular weight is 522 g/mol. The van der Waals surface area contributed by atoms with E-state index >= 15 is 0 Å². The normalized spacial score (nSPS) is 14.9. The van der Waals surface area contributed by atoms with E-state index in [1.54, 1.807) is 39.7 Å². The lowest BCUT2D eigenvalue weighted by molar-refractivity contribution is -0.384. The number of methoxy groups -OCH3 is 3. The zero-order valence-corrected chi connectivity index (χ0v) is 21.2. The lowest BCUT2D eigenvalue weighted by Gasteiger charge is -2.24. The van der Waals surface area contributed by atoms with Gasteiger partial charge in [-0.25, -0.2) is 9.50 Å². The monoisotopic (exact) mass is 521 g/mol. The third-order valence-corrected chi connectivity index (χ3v) is 7.15. The van der Waals surface area contributed by atoms with E-state index in [1.165, 1.54) is 28.4 Å². The van der Waals surface area contributed by atoms with E-state index < -0.39 is 4.92 Å². The number of carbonyl (C=O) groups excluding carboxylic acids is 1. The molecule has 2 aromatic heterocycles. The minimum atomic E-state index is -0.429. The Balaban J connectivity index is 1.38. The molecule has 0 saturated carbocycles. The molecule has 0 spiro atoms. The summed E-state index contributed by atoms with van der Waals surface area (Å²) in [6.45, 7) is 0. The number of hydrogen-bond acceptors (Lipinski definition) is 10. The van der Waals surface area contributed by atoms with Gasteiger partial charge in [0.25, 0.3) is 11.5 Å². The van der Waals surface area contributed by atoms with Crippen LogP contribution >= 0.6 is 11.8 Å². The van der Waals surface area contributed by atoms with Gasteiger partial charge in [-0.2, -0.15) is 4.98 Å². The summed E-state index contributed by atoms with van der Waals surface area (Å²) in [6, 6.07) is 10.1. The minimum absolute atomic E-state index is 0.0232. The fourth-order valence-electron chi connectivity index (χ4n) is 4.36. The molecule has 0 radical (unpaired) electrons. The van der Waals surface area contributed by atoms with Crippen LogP contribution in [0.2, 0.25) is 0 Å². The number of hydrogen-bond donors (Lipinski definition) is 0. The van der Waals surface area contributed by atoms with Crippen molar-refractivity contribution in [2.24, 2.45) is 0 Å². The van der Waals surface area contributed by atoms with Crippen molar-refractivity contribution < 1.29 is 23.9 Å². The summed E-state index contributed by atoms with van der Waals surface area (Å²) >= 11 is 1.39. The van der Waals surface area contributed by atoms with Crippen molar-refractivity contribution in [3.63, 3.8) is 0 Å². The standard InChI is InChI=1S/C25H23N5O6S/c1-34-21-10-16(11-22(35-2)23(21)36-3)15-8-19-18(20(31)9-15)12-29-24(26-19)27-25(28-29)37-13-14-4-6-17(7-5-14)30(32)33/h4-7,10-12,15H,8-9,13H2,1-3H3. The van der Waals surface area contributed by atoms with E-state index in [0.717, 1.165) is 11.1 Å². The van der Waals surface area contributed by atoms with Gasteiger partial charge in [0, 0.05) is 30.5 Å². The summed E-state index contributed by atoms with van der Waals surface area (Å²) in [5, 5.41) is 15.8. The predicted molar refractivity (Wildman–Crippen MR) is 135 cm³/mol. The van der Waals surface area contributed by atoms with Crippen molar-refractivity contribution in [1.82, 2.24) is 19.6 Å². The zero-order chi connectivity index (χ0) is 26.1. The Morgan fingerprint density at radius 1 is 1.05 bits per heavy atom. The molecule has 1 atom stereocenters. The summed E-state index contributed by atoms with van der Waals surface area (Å²) in [7, 11) is 4.67. The Kier molecular flexibility index (Phi) is 6.66. The number of ether oxygens (including phenoxy) is 3. The number of carbonyl (C=O) groups is 1. The van der Waals surface area contributed by atoms with Gasteiger partial charge in [0.05, 0.1) is 37.5 Å². The summed E-state index contributed by atoms with van der Waals surface area (Å²) in [4.78, 5) is 32.7. The SMILES string of the molecule is COc1cc(C2CC(=O)c3cn4nc(SCc5ccc([N+](=O)[O-])cc5)nc4nc3C2)cc(OC)c1OC. The Morgan fingerprint density at radius 3 is 2.38 bits per heavy atom. The highest BCUT2D eigenvalue weighted by atomic mass is 32.2. The number of aromatic nitrogens is 4. The van der Waals surface area contributed by atoms with Crippen molar-refractivity contribution in [1.29, 1.82) is 0 Å². The Morgan fingerprint density at radius 2 is 1.76 bits per heavy atom. The second-order valence-corrected chi connectivity index (χ2v) is 9.38. The van der Waals surface area contributed by atoms with Gasteiger partial charge in [-0.3, -0.25) is 14.9 Å². The van der Waals surface area contributed by atoms with Gasteiger partial charge in [0.15, 0.2) is 17.3 Å². The Labute approximate surface area is 215 Å². The van der Waals surface area contributed by atoms with Gasteiger partial charge in [-0.1, -0.05) is 23.9 Å². The molecule has 1 aliphatic carbocycles. The summed E-state index contributed by atoms with van der Waals surface area (Å²) in [5.41, 5.74) is 3.06. The zero-order valence-electron chi connectivity index (χ0n) is 20.3. The van der Waals surface area contributed by atoms with Gasteiger partial charge in [-0.05, 0) is 35.6 Å². The van der Waals surface area contributed by atoms with Crippen LogP contribution in [0, 0.1) is 10.1 Å². The van der Waals surface area contributed by atoms with Crippen LogP contribution in [0.15, 0.2) is 47.8 Å². The van der Waals surface area contributed by atoms with Crippen LogP contribution in [0.25, 0.3) is 5.78 Å². The molecular weight excluding hydrogens is 498 g/mol. The highest BCUT2D eigenvalue weighted by molar-refractivity contribution is 7.98. The molecule has 2 heterocycles. The maximum absolute atomic E-state index is 13.1. The molecule has 5 rings (SSSR count). The van der Waals surface area contributed by atoms with Crippen LogP contribution in [0.5, 0.6) is 17.2 Å². The lowest BCUT2D eigenvalue weighted by Crippen LogP contribution is -2.21. The molecule has 37 heavy (non-hydrogen) atoms. The molecule has 1 unspecified atom stereocenters. The molecule has 0 bridgehead atoms. The third-order valence-electron chi connectivity index (χ3n) is 6.24. The number of benzene rings is 2. The van der Waals surface area contributed by atoms with Crippen LogP contribution < -0.4 is 14.2 Å². The molecule has 0 saturated heterocycles. The van der Waals surface area contributed by atoms with E-state index in [4.69, 9.17) is 14.2 Å². The molecule has 0 N–H and O–H groups in total. The fourth-order valence-corrected chi connectivity index (χ4v) is 5.14. The molecule has 0 fully saturated rings. The number of non-ortho nitro benzene ring substituents is 1. The summed E-state index contributed by atoms with van der Waals surface area (Å²) in [5.74, 6) is 2.38.